The molecule has 40 heavy (non-hydrogen) atoms. The van der Waals surface area contributed by atoms with Crippen molar-refractivity contribution >= 4 is 0 Å². The van der Waals surface area contributed by atoms with Crippen LogP contribution in [0.1, 0.15) is 108 Å². The fourth-order valence-electron chi connectivity index (χ4n) is 5.94. The Labute approximate surface area is 239 Å². The first-order valence-electron chi connectivity index (χ1n) is 15.5. The molecule has 4 rings (SSSR count). The van der Waals surface area contributed by atoms with Gasteiger partial charge in [-0.15, -0.1) is 0 Å². The molecule has 0 saturated carbocycles. The molecule has 1 nitrogen and oxygen atoms in total. The van der Waals surface area contributed by atoms with Crippen molar-refractivity contribution in [3.8, 4) is 22.3 Å². The molecule has 1 saturated heterocycles. The zero-order valence-corrected chi connectivity index (χ0v) is 24.3. The van der Waals surface area contributed by atoms with Crippen molar-refractivity contribution in [1.82, 2.24) is 0 Å². The van der Waals surface area contributed by atoms with Crippen LogP contribution in [0.5, 0.6) is 0 Å². The van der Waals surface area contributed by atoms with E-state index in [1.54, 1.807) is 30.3 Å². The zero-order chi connectivity index (χ0) is 28.3. The highest BCUT2D eigenvalue weighted by atomic mass is 19.2. The molecule has 1 heterocycles. The van der Waals surface area contributed by atoms with E-state index in [1.165, 1.54) is 32.1 Å². The van der Waals surface area contributed by atoms with Crippen LogP contribution >= 0.6 is 0 Å². The molecule has 3 aromatic rings. The molecular weight excluding hydrogens is 505 g/mol. The third-order valence-electron chi connectivity index (χ3n) is 8.41. The molecule has 216 valence electrons. The van der Waals surface area contributed by atoms with Gasteiger partial charge in [0.05, 0.1) is 12.7 Å². The highest BCUT2D eigenvalue weighted by Crippen LogP contribution is 2.34. The van der Waals surface area contributed by atoms with Crippen molar-refractivity contribution in [3.63, 3.8) is 0 Å². The maximum Gasteiger partial charge on any atom is 0.166 e. The number of unbranched alkanes of at least 4 members (excludes halogenated alkanes) is 7. The lowest BCUT2D eigenvalue weighted by Crippen LogP contribution is -2.25. The van der Waals surface area contributed by atoms with Gasteiger partial charge in [0.25, 0.3) is 0 Å². The van der Waals surface area contributed by atoms with Crippen LogP contribution in [0.2, 0.25) is 0 Å². The Balaban J connectivity index is 1.35. The normalized spacial score (nSPS) is 17.3. The van der Waals surface area contributed by atoms with Crippen LogP contribution in [-0.4, -0.2) is 12.7 Å². The maximum absolute atomic E-state index is 15.1. The minimum atomic E-state index is -0.795. The molecule has 0 N–H and O–H groups in total. The van der Waals surface area contributed by atoms with E-state index >= 15 is 8.78 Å². The van der Waals surface area contributed by atoms with E-state index in [0.717, 1.165) is 56.1 Å². The van der Waals surface area contributed by atoms with Gasteiger partial charge in [-0.25, -0.2) is 13.2 Å². The summed E-state index contributed by atoms with van der Waals surface area (Å²) in [5.74, 6) is -1.67. The molecule has 1 aliphatic rings. The van der Waals surface area contributed by atoms with E-state index in [4.69, 9.17) is 4.74 Å². The maximum atomic E-state index is 15.1. The monoisotopic (exact) mass is 550 g/mol. The van der Waals surface area contributed by atoms with Gasteiger partial charge in [0.15, 0.2) is 11.6 Å². The van der Waals surface area contributed by atoms with Crippen LogP contribution in [0, 0.1) is 17.5 Å². The van der Waals surface area contributed by atoms with Crippen LogP contribution in [0.25, 0.3) is 22.3 Å². The number of rotatable bonds is 14. The Kier molecular flexibility index (Phi) is 11.7. The largest absolute Gasteiger partial charge is 0.378 e. The number of aryl methyl sites for hydroxylation is 1. The first-order chi connectivity index (χ1) is 19.5. The van der Waals surface area contributed by atoms with Crippen LogP contribution < -0.4 is 0 Å². The van der Waals surface area contributed by atoms with E-state index in [9.17, 15) is 4.39 Å². The number of hydrogen-bond acceptors (Lipinski definition) is 1. The van der Waals surface area contributed by atoms with E-state index in [2.05, 4.69) is 13.8 Å². The molecular formula is C36H45F3O. The third kappa shape index (κ3) is 8.00. The van der Waals surface area contributed by atoms with Gasteiger partial charge in [-0.2, -0.15) is 0 Å². The first kappa shape index (κ1) is 30.4. The summed E-state index contributed by atoms with van der Waals surface area (Å²) in [6.07, 6.45) is 14.3. The molecule has 2 atom stereocenters. The second kappa shape index (κ2) is 15.4. The molecule has 2 unspecified atom stereocenters. The minimum Gasteiger partial charge on any atom is -0.378 e. The van der Waals surface area contributed by atoms with Crippen molar-refractivity contribution in [2.75, 3.05) is 6.61 Å². The number of hydrogen-bond donors (Lipinski definition) is 0. The van der Waals surface area contributed by atoms with E-state index in [1.807, 2.05) is 24.3 Å². The van der Waals surface area contributed by atoms with Gasteiger partial charge in [0.1, 0.15) is 5.82 Å². The number of ether oxygens (including phenoxy) is 1. The van der Waals surface area contributed by atoms with Gasteiger partial charge >= 0.3 is 0 Å². The van der Waals surface area contributed by atoms with Crippen molar-refractivity contribution in [3.05, 3.63) is 83.2 Å². The summed E-state index contributed by atoms with van der Waals surface area (Å²) in [6, 6.07) is 16.0. The molecule has 0 bridgehead atoms. The molecule has 0 amide bonds. The third-order valence-corrected chi connectivity index (χ3v) is 8.41. The van der Waals surface area contributed by atoms with Crippen LogP contribution in [-0.2, 0) is 11.2 Å². The Morgan fingerprint density at radius 2 is 1.35 bits per heavy atom. The average Bonchev–Trinajstić information content (AvgIpc) is 2.97. The van der Waals surface area contributed by atoms with Gasteiger partial charge in [0, 0.05) is 11.5 Å². The van der Waals surface area contributed by atoms with Crippen molar-refractivity contribution < 1.29 is 17.9 Å². The molecule has 0 aromatic heterocycles. The van der Waals surface area contributed by atoms with Gasteiger partial charge < -0.3 is 4.74 Å². The Hall–Kier alpha value is -2.59. The average molecular weight is 551 g/mol. The Morgan fingerprint density at radius 1 is 0.675 bits per heavy atom. The fourth-order valence-corrected chi connectivity index (χ4v) is 5.94. The van der Waals surface area contributed by atoms with Crippen molar-refractivity contribution in [2.24, 2.45) is 0 Å². The minimum absolute atomic E-state index is 0.0842. The summed E-state index contributed by atoms with van der Waals surface area (Å²) >= 11 is 0. The number of halogens is 3. The summed E-state index contributed by atoms with van der Waals surface area (Å²) in [5.41, 5.74) is 3.62. The molecule has 0 spiro atoms. The summed E-state index contributed by atoms with van der Waals surface area (Å²) < 4.78 is 51.0. The molecule has 0 aliphatic carbocycles. The standard InChI is InChI=1S/C36H45F3O/c1-3-5-6-7-8-9-10-11-13-28-19-23-33(36(39)35(28)38)27-16-14-26(15-17-27)29-20-22-32(34(37)24-29)30-18-21-31(12-4-2)40-25-30/h14-17,19-20,22-24,30-31H,3-13,18,21,25H2,1-2H3. The summed E-state index contributed by atoms with van der Waals surface area (Å²) in [4.78, 5) is 0. The molecule has 1 fully saturated rings. The quantitative estimate of drug-likeness (QED) is 0.181. The van der Waals surface area contributed by atoms with Gasteiger partial charge in [-0.1, -0.05) is 114 Å². The lowest BCUT2D eigenvalue weighted by atomic mass is 9.89. The topological polar surface area (TPSA) is 9.23 Å². The van der Waals surface area contributed by atoms with Crippen molar-refractivity contribution in [1.29, 1.82) is 0 Å². The highest BCUT2D eigenvalue weighted by molar-refractivity contribution is 5.71. The second-order valence-corrected chi connectivity index (χ2v) is 11.5. The van der Waals surface area contributed by atoms with Crippen LogP contribution in [0.3, 0.4) is 0 Å². The Bertz CT molecular complexity index is 1200. The van der Waals surface area contributed by atoms with Gasteiger partial charge in [-0.3, -0.25) is 0 Å². The molecule has 3 aromatic carbocycles. The van der Waals surface area contributed by atoms with E-state index in [0.29, 0.717) is 35.8 Å². The summed E-state index contributed by atoms with van der Waals surface area (Å²) in [7, 11) is 0. The first-order valence-corrected chi connectivity index (χ1v) is 15.5. The Morgan fingerprint density at radius 3 is 2.00 bits per heavy atom. The van der Waals surface area contributed by atoms with Gasteiger partial charge in [0.2, 0.25) is 0 Å². The van der Waals surface area contributed by atoms with Crippen LogP contribution in [0.15, 0.2) is 54.6 Å². The van der Waals surface area contributed by atoms with Crippen molar-refractivity contribution in [2.45, 2.75) is 109 Å². The lowest BCUT2D eigenvalue weighted by molar-refractivity contribution is -0.00172. The molecule has 0 radical (unpaired) electrons. The highest BCUT2D eigenvalue weighted by Gasteiger charge is 2.24. The van der Waals surface area contributed by atoms with Crippen LogP contribution in [0.4, 0.5) is 13.2 Å². The predicted molar refractivity (Wildman–Crippen MR) is 160 cm³/mol. The van der Waals surface area contributed by atoms with E-state index in [-0.39, 0.29) is 17.3 Å². The summed E-state index contributed by atoms with van der Waals surface area (Å²) in [5, 5.41) is 0. The predicted octanol–water partition coefficient (Wildman–Crippen LogP) is 11.2. The smallest absolute Gasteiger partial charge is 0.166 e. The van der Waals surface area contributed by atoms with Gasteiger partial charge in [-0.05, 0) is 66.0 Å². The lowest BCUT2D eigenvalue weighted by Gasteiger charge is -2.29. The summed E-state index contributed by atoms with van der Waals surface area (Å²) in [6.45, 7) is 4.94. The molecule has 4 heteroatoms. The second-order valence-electron chi connectivity index (χ2n) is 11.5. The fraction of sp³-hybridized carbons (Fsp3) is 0.500. The SMILES string of the molecule is CCCCCCCCCCc1ccc(-c2ccc(-c3ccc(C4CCC(CCC)OC4)c(F)c3)cc2)c(F)c1F. The zero-order valence-electron chi connectivity index (χ0n) is 24.3. The van der Waals surface area contributed by atoms with E-state index < -0.39 is 11.6 Å². The molecule has 1 aliphatic heterocycles. The number of benzene rings is 3.